The number of aryl methyl sites for hydroxylation is 1. The maximum Gasteiger partial charge on any atom is 0.230 e. The first-order chi connectivity index (χ1) is 18.6. The summed E-state index contributed by atoms with van der Waals surface area (Å²) in [7, 11) is 0. The fourth-order valence-electron chi connectivity index (χ4n) is 5.16. The van der Waals surface area contributed by atoms with Crippen LogP contribution in [-0.2, 0) is 29.2 Å². The largest absolute Gasteiger partial charge is 0.338 e. The number of benzene rings is 2. The van der Waals surface area contributed by atoms with Gasteiger partial charge < -0.3 is 14.4 Å². The molecule has 1 saturated carbocycles. The van der Waals surface area contributed by atoms with Gasteiger partial charge in [-0.15, -0.1) is 0 Å². The Morgan fingerprint density at radius 2 is 1.71 bits per heavy atom. The van der Waals surface area contributed by atoms with Gasteiger partial charge in [-0.2, -0.15) is 0 Å². The second kappa shape index (κ2) is 12.6. The average molecular weight is 534 g/mol. The molecule has 8 heteroatoms. The number of carbonyl (C=O) groups excluding carboxylic acids is 2. The molecule has 7 nitrogen and oxygen atoms in total. The van der Waals surface area contributed by atoms with Crippen molar-refractivity contribution in [1.82, 2.24) is 19.4 Å². The van der Waals surface area contributed by atoms with Crippen molar-refractivity contribution in [2.24, 2.45) is 5.92 Å². The Bertz CT molecular complexity index is 1210. The topological polar surface area (TPSA) is 61.7 Å². The summed E-state index contributed by atoms with van der Waals surface area (Å²) in [6.07, 6.45) is 9.50. The molecule has 0 atom stereocenters. The minimum atomic E-state index is 0.120. The van der Waals surface area contributed by atoms with Crippen molar-refractivity contribution in [2.75, 3.05) is 31.1 Å². The number of para-hydroxylation sites is 1. The summed E-state index contributed by atoms with van der Waals surface area (Å²) in [5, 5.41) is 0.736. The normalized spacial score (nSPS) is 17.4. The van der Waals surface area contributed by atoms with Crippen LogP contribution in [0.2, 0.25) is 5.02 Å². The van der Waals surface area contributed by atoms with Crippen LogP contribution < -0.4 is 4.90 Å². The summed E-state index contributed by atoms with van der Waals surface area (Å²) < 4.78 is 1.94. The number of nitrogens with zero attached hydrogens (tertiary/aromatic N) is 5. The zero-order chi connectivity index (χ0) is 26.3. The van der Waals surface area contributed by atoms with Crippen LogP contribution in [0.5, 0.6) is 0 Å². The van der Waals surface area contributed by atoms with Gasteiger partial charge in [0, 0.05) is 81.3 Å². The lowest BCUT2D eigenvalue weighted by molar-refractivity contribution is -0.132. The number of hydrogen-bond donors (Lipinski definition) is 0. The number of hydrogen-bond acceptors (Lipinski definition) is 4. The third-order valence-corrected chi connectivity index (χ3v) is 7.66. The maximum atomic E-state index is 13.4. The van der Waals surface area contributed by atoms with E-state index in [1.54, 1.807) is 12.5 Å². The SMILES string of the molecule is O=C(CCn1ccnc1)N1CCCN(Cc2ccc(Cl)cc2)CCCN(C(=O)C2CC2)c2ccccc2C1. The number of imidazole rings is 1. The first-order valence-corrected chi connectivity index (χ1v) is 14.0. The summed E-state index contributed by atoms with van der Waals surface area (Å²) in [5.74, 6) is 0.473. The van der Waals surface area contributed by atoms with Gasteiger partial charge in [-0.25, -0.2) is 4.98 Å². The molecule has 2 aromatic carbocycles. The van der Waals surface area contributed by atoms with Gasteiger partial charge >= 0.3 is 0 Å². The lowest BCUT2D eigenvalue weighted by atomic mass is 10.1. The molecule has 0 bridgehead atoms. The van der Waals surface area contributed by atoms with Crippen molar-refractivity contribution < 1.29 is 9.59 Å². The molecule has 2 heterocycles. The van der Waals surface area contributed by atoms with E-state index in [0.717, 1.165) is 61.6 Å². The summed E-state index contributed by atoms with van der Waals surface area (Å²) in [6.45, 7) is 5.04. The van der Waals surface area contributed by atoms with Crippen LogP contribution >= 0.6 is 11.6 Å². The summed E-state index contributed by atoms with van der Waals surface area (Å²) in [6, 6.07) is 16.1. The highest BCUT2D eigenvalue weighted by atomic mass is 35.5. The molecule has 1 aliphatic carbocycles. The first kappa shape index (κ1) is 26.4. The molecule has 38 heavy (non-hydrogen) atoms. The third kappa shape index (κ3) is 7.03. The van der Waals surface area contributed by atoms with Crippen molar-refractivity contribution in [2.45, 2.75) is 51.7 Å². The molecule has 3 aromatic rings. The van der Waals surface area contributed by atoms with Crippen molar-refractivity contribution >= 4 is 29.1 Å². The van der Waals surface area contributed by atoms with Gasteiger partial charge in [0.2, 0.25) is 11.8 Å². The minimum Gasteiger partial charge on any atom is -0.338 e. The van der Waals surface area contributed by atoms with Gasteiger partial charge in [0.1, 0.15) is 0 Å². The number of anilines is 1. The minimum absolute atomic E-state index is 0.120. The zero-order valence-corrected chi connectivity index (χ0v) is 22.6. The van der Waals surface area contributed by atoms with Gasteiger partial charge in [0.25, 0.3) is 0 Å². The molecule has 0 saturated heterocycles. The second-order valence-electron chi connectivity index (χ2n) is 10.4. The molecule has 2 amide bonds. The van der Waals surface area contributed by atoms with E-state index < -0.39 is 0 Å². The molecular formula is C30H36ClN5O2. The summed E-state index contributed by atoms with van der Waals surface area (Å²) in [4.78, 5) is 37.3. The number of carbonyl (C=O) groups is 2. The van der Waals surface area contributed by atoms with Crippen LogP contribution in [0, 0.1) is 5.92 Å². The van der Waals surface area contributed by atoms with Crippen molar-refractivity contribution in [3.05, 3.63) is 83.4 Å². The van der Waals surface area contributed by atoms with E-state index in [2.05, 4.69) is 28.1 Å². The summed E-state index contributed by atoms with van der Waals surface area (Å²) in [5.41, 5.74) is 3.20. The zero-order valence-electron chi connectivity index (χ0n) is 21.8. The van der Waals surface area contributed by atoms with Crippen molar-refractivity contribution in [1.29, 1.82) is 0 Å². The predicted octanol–water partition coefficient (Wildman–Crippen LogP) is 4.99. The van der Waals surface area contributed by atoms with Gasteiger partial charge in [-0.3, -0.25) is 14.5 Å². The molecule has 0 radical (unpaired) electrons. The standard InChI is InChI=1S/C30H36ClN5O2/c31-27-11-7-24(8-12-27)21-33-15-3-17-35(29(37)13-19-34-20-14-32-23-34)22-26-5-1-2-6-28(26)36(18-4-16-33)30(38)25-9-10-25/h1-2,5-8,11-12,14,20,23,25H,3-4,9-10,13,15-19,21-22H2. The highest BCUT2D eigenvalue weighted by Gasteiger charge is 2.35. The lowest BCUT2D eigenvalue weighted by Crippen LogP contribution is -2.39. The average Bonchev–Trinajstić information content (AvgIpc) is 3.64. The quantitative estimate of drug-likeness (QED) is 0.447. The van der Waals surface area contributed by atoms with E-state index in [1.165, 1.54) is 5.56 Å². The van der Waals surface area contributed by atoms with E-state index in [0.29, 0.717) is 32.6 Å². The Hall–Kier alpha value is -3.16. The molecule has 0 spiro atoms. The first-order valence-electron chi connectivity index (χ1n) is 13.7. The molecule has 2 aliphatic rings. The van der Waals surface area contributed by atoms with Crippen LogP contribution in [0.3, 0.4) is 0 Å². The van der Waals surface area contributed by atoms with E-state index in [1.807, 2.05) is 50.9 Å². The van der Waals surface area contributed by atoms with Gasteiger partial charge in [-0.1, -0.05) is 41.9 Å². The highest BCUT2D eigenvalue weighted by molar-refractivity contribution is 6.30. The van der Waals surface area contributed by atoms with Crippen molar-refractivity contribution in [3.63, 3.8) is 0 Å². The van der Waals surface area contributed by atoms with E-state index in [4.69, 9.17) is 11.6 Å². The number of amides is 2. The fraction of sp³-hybridized carbons (Fsp3) is 0.433. The number of rotatable bonds is 6. The van der Waals surface area contributed by atoms with E-state index in [9.17, 15) is 9.59 Å². The molecule has 1 aromatic heterocycles. The Kier molecular flexibility index (Phi) is 8.76. The Morgan fingerprint density at radius 1 is 0.947 bits per heavy atom. The second-order valence-corrected chi connectivity index (χ2v) is 10.8. The van der Waals surface area contributed by atoms with Gasteiger partial charge in [-0.05, 0) is 55.0 Å². The molecule has 1 fully saturated rings. The molecule has 5 rings (SSSR count). The Morgan fingerprint density at radius 3 is 2.45 bits per heavy atom. The smallest absolute Gasteiger partial charge is 0.230 e. The van der Waals surface area contributed by atoms with Crippen LogP contribution in [0.25, 0.3) is 0 Å². The number of aromatic nitrogens is 2. The monoisotopic (exact) mass is 533 g/mol. The highest BCUT2D eigenvalue weighted by Crippen LogP contribution is 2.34. The van der Waals surface area contributed by atoms with E-state index in [-0.39, 0.29) is 17.7 Å². The van der Waals surface area contributed by atoms with Crippen molar-refractivity contribution in [3.8, 4) is 0 Å². The van der Waals surface area contributed by atoms with Gasteiger partial charge in [0.15, 0.2) is 0 Å². The summed E-state index contributed by atoms with van der Waals surface area (Å²) >= 11 is 6.10. The third-order valence-electron chi connectivity index (χ3n) is 7.41. The fourth-order valence-corrected chi connectivity index (χ4v) is 5.29. The van der Waals surface area contributed by atoms with Crippen LogP contribution in [-0.4, -0.2) is 57.3 Å². The lowest BCUT2D eigenvalue weighted by Gasteiger charge is -2.32. The van der Waals surface area contributed by atoms with E-state index >= 15 is 0 Å². The number of halogens is 1. The van der Waals surface area contributed by atoms with Crippen LogP contribution in [0.1, 0.15) is 43.2 Å². The number of fused-ring (bicyclic) bond motifs is 1. The van der Waals surface area contributed by atoms with Gasteiger partial charge in [0.05, 0.1) is 6.33 Å². The Balaban J connectivity index is 1.37. The maximum absolute atomic E-state index is 13.4. The molecule has 1 aliphatic heterocycles. The van der Waals surface area contributed by atoms with Crippen LogP contribution in [0.4, 0.5) is 5.69 Å². The van der Waals surface area contributed by atoms with Crippen LogP contribution in [0.15, 0.2) is 67.3 Å². The molecule has 0 unspecified atom stereocenters. The predicted molar refractivity (Wildman–Crippen MR) is 150 cm³/mol. The molecule has 0 N–H and O–H groups in total. The Labute approximate surface area is 230 Å². The molecule has 200 valence electrons. The molecular weight excluding hydrogens is 498 g/mol.